The second-order valence-corrected chi connectivity index (χ2v) is 3.19. The number of aromatic hydroxyl groups is 1. The first kappa shape index (κ1) is 8.87. The molecule has 2 N–H and O–H groups in total. The zero-order valence-corrected chi connectivity index (χ0v) is 7.83. The third-order valence-corrected chi connectivity index (χ3v) is 2.33. The average molecular weight is 193 g/mol. The summed E-state index contributed by atoms with van der Waals surface area (Å²) in [6.07, 6.45) is 0.776. The van der Waals surface area contributed by atoms with E-state index in [4.69, 9.17) is 4.74 Å². The summed E-state index contributed by atoms with van der Waals surface area (Å²) in [5.41, 5.74) is 1.46. The van der Waals surface area contributed by atoms with Gasteiger partial charge in [-0.1, -0.05) is 0 Å². The van der Waals surface area contributed by atoms with Crippen molar-refractivity contribution in [3.63, 3.8) is 0 Å². The number of phenolic OH excluding ortho intramolecular Hbond substituents is 1. The molecule has 0 atom stereocenters. The average Bonchev–Trinajstić information content (AvgIpc) is 2.19. The van der Waals surface area contributed by atoms with E-state index in [0.717, 1.165) is 12.0 Å². The number of nitrogens with one attached hydrogen (secondary N) is 1. The molecular weight excluding hydrogens is 182 g/mol. The minimum Gasteiger partial charge on any atom is -0.504 e. The number of phenols is 1. The molecular formula is C10H11NO3. The first-order valence-corrected chi connectivity index (χ1v) is 4.40. The zero-order valence-electron chi connectivity index (χ0n) is 7.83. The molecule has 2 rings (SSSR count). The topological polar surface area (TPSA) is 58.6 Å². The molecule has 4 heteroatoms. The molecule has 1 aliphatic heterocycles. The number of rotatable bonds is 1. The van der Waals surface area contributed by atoms with Crippen molar-refractivity contribution in [3.8, 4) is 11.5 Å². The van der Waals surface area contributed by atoms with E-state index in [2.05, 4.69) is 5.32 Å². The molecule has 14 heavy (non-hydrogen) atoms. The van der Waals surface area contributed by atoms with Gasteiger partial charge in [-0.3, -0.25) is 4.79 Å². The summed E-state index contributed by atoms with van der Waals surface area (Å²) in [6, 6.07) is 3.16. The lowest BCUT2D eigenvalue weighted by molar-refractivity contribution is 0.0945. The Hall–Kier alpha value is -1.71. The molecule has 0 bridgehead atoms. The lowest BCUT2D eigenvalue weighted by Gasteiger charge is -2.17. The number of methoxy groups -OCH3 is 1. The van der Waals surface area contributed by atoms with E-state index in [-0.39, 0.29) is 11.7 Å². The van der Waals surface area contributed by atoms with Crippen LogP contribution in [0.5, 0.6) is 11.5 Å². The molecule has 4 nitrogen and oxygen atoms in total. The molecule has 0 saturated heterocycles. The van der Waals surface area contributed by atoms with Crippen molar-refractivity contribution in [3.05, 3.63) is 23.3 Å². The van der Waals surface area contributed by atoms with Crippen molar-refractivity contribution in [2.24, 2.45) is 0 Å². The number of benzene rings is 1. The second kappa shape index (κ2) is 3.21. The smallest absolute Gasteiger partial charge is 0.251 e. The van der Waals surface area contributed by atoms with Crippen LogP contribution in [0.1, 0.15) is 15.9 Å². The quantitative estimate of drug-likeness (QED) is 0.689. The molecule has 0 aliphatic carbocycles. The molecule has 1 aliphatic rings. The Morgan fingerprint density at radius 1 is 1.50 bits per heavy atom. The predicted octanol–water partition coefficient (Wildman–Crippen LogP) is 0.687. The highest BCUT2D eigenvalue weighted by Crippen LogP contribution is 2.30. The molecule has 1 aromatic rings. The highest BCUT2D eigenvalue weighted by molar-refractivity contribution is 5.97. The van der Waals surface area contributed by atoms with E-state index in [1.54, 1.807) is 6.07 Å². The Morgan fingerprint density at radius 2 is 2.29 bits per heavy atom. The number of fused-ring (bicyclic) bond motifs is 1. The Morgan fingerprint density at radius 3 is 3.00 bits per heavy atom. The summed E-state index contributed by atoms with van der Waals surface area (Å²) in [7, 11) is 1.49. The van der Waals surface area contributed by atoms with Crippen LogP contribution in [0.25, 0.3) is 0 Å². The Bertz CT molecular complexity index is 387. The van der Waals surface area contributed by atoms with Gasteiger partial charge >= 0.3 is 0 Å². The number of amides is 1. The van der Waals surface area contributed by atoms with Gasteiger partial charge in [0.1, 0.15) is 0 Å². The molecule has 1 aromatic carbocycles. The molecule has 74 valence electrons. The maximum absolute atomic E-state index is 11.4. The van der Waals surface area contributed by atoms with Gasteiger partial charge in [0.15, 0.2) is 11.5 Å². The largest absolute Gasteiger partial charge is 0.504 e. The molecule has 0 aromatic heterocycles. The van der Waals surface area contributed by atoms with E-state index in [1.807, 2.05) is 0 Å². The Kier molecular flexibility index (Phi) is 2.04. The number of hydrogen-bond acceptors (Lipinski definition) is 3. The minimum absolute atomic E-state index is 0.00306. The van der Waals surface area contributed by atoms with Gasteiger partial charge in [0.2, 0.25) is 0 Å². The van der Waals surface area contributed by atoms with Crippen LogP contribution < -0.4 is 10.1 Å². The molecule has 0 fully saturated rings. The summed E-state index contributed by atoms with van der Waals surface area (Å²) in [6.45, 7) is 0.639. The fraction of sp³-hybridized carbons (Fsp3) is 0.300. The first-order valence-electron chi connectivity index (χ1n) is 4.40. The third kappa shape index (κ3) is 1.28. The maximum Gasteiger partial charge on any atom is 0.251 e. The van der Waals surface area contributed by atoms with Crippen LogP contribution in [0.15, 0.2) is 12.1 Å². The van der Waals surface area contributed by atoms with E-state index < -0.39 is 0 Å². The van der Waals surface area contributed by atoms with Crippen LogP contribution in [0.3, 0.4) is 0 Å². The van der Waals surface area contributed by atoms with Crippen LogP contribution in [-0.4, -0.2) is 24.7 Å². The van der Waals surface area contributed by atoms with Crippen LogP contribution in [0, 0.1) is 0 Å². The van der Waals surface area contributed by atoms with Gasteiger partial charge in [-0.25, -0.2) is 0 Å². The standard InChI is InChI=1S/C10H11NO3/c1-14-9-4-6-2-3-11-10(13)7(6)5-8(9)12/h4-5,12H,2-3H2,1H3,(H,11,13). The van der Waals surface area contributed by atoms with E-state index in [9.17, 15) is 9.90 Å². The summed E-state index contributed by atoms with van der Waals surface area (Å²) in [5.74, 6) is 0.283. The normalized spacial score (nSPS) is 14.5. The van der Waals surface area contributed by atoms with Gasteiger partial charge in [0, 0.05) is 12.1 Å². The zero-order chi connectivity index (χ0) is 10.1. The van der Waals surface area contributed by atoms with Gasteiger partial charge in [-0.05, 0) is 24.1 Å². The maximum atomic E-state index is 11.4. The van der Waals surface area contributed by atoms with Crippen molar-refractivity contribution < 1.29 is 14.6 Å². The van der Waals surface area contributed by atoms with Crippen molar-refractivity contribution in [2.45, 2.75) is 6.42 Å². The van der Waals surface area contributed by atoms with Crippen molar-refractivity contribution in [2.75, 3.05) is 13.7 Å². The van der Waals surface area contributed by atoms with Crippen LogP contribution in [-0.2, 0) is 6.42 Å². The van der Waals surface area contributed by atoms with Crippen LogP contribution >= 0.6 is 0 Å². The summed E-state index contributed by atoms with van der Waals surface area (Å²) < 4.78 is 4.96. The van der Waals surface area contributed by atoms with Gasteiger partial charge in [0.05, 0.1) is 7.11 Å². The van der Waals surface area contributed by atoms with Crippen molar-refractivity contribution in [1.82, 2.24) is 5.32 Å². The Balaban J connectivity index is 2.54. The van der Waals surface area contributed by atoms with Crippen molar-refractivity contribution >= 4 is 5.91 Å². The van der Waals surface area contributed by atoms with Gasteiger partial charge in [0.25, 0.3) is 5.91 Å². The van der Waals surface area contributed by atoms with Crippen LogP contribution in [0.2, 0.25) is 0 Å². The lowest BCUT2D eigenvalue weighted by Crippen LogP contribution is -2.31. The first-order chi connectivity index (χ1) is 6.72. The van der Waals surface area contributed by atoms with Crippen molar-refractivity contribution in [1.29, 1.82) is 0 Å². The number of ether oxygens (including phenoxy) is 1. The number of carbonyl (C=O) groups excluding carboxylic acids is 1. The second-order valence-electron chi connectivity index (χ2n) is 3.19. The predicted molar refractivity (Wildman–Crippen MR) is 50.7 cm³/mol. The molecule has 0 radical (unpaired) electrons. The minimum atomic E-state index is -0.135. The highest BCUT2D eigenvalue weighted by Gasteiger charge is 2.19. The summed E-state index contributed by atoms with van der Waals surface area (Å²) >= 11 is 0. The SMILES string of the molecule is COc1cc2c(cc1O)C(=O)NCC2. The molecule has 0 unspecified atom stereocenters. The van der Waals surface area contributed by atoms with Crippen LogP contribution in [0.4, 0.5) is 0 Å². The molecule has 1 heterocycles. The monoisotopic (exact) mass is 193 g/mol. The van der Waals surface area contributed by atoms with E-state index in [0.29, 0.717) is 17.9 Å². The molecule has 1 amide bonds. The fourth-order valence-corrected chi connectivity index (χ4v) is 1.60. The number of hydrogen-bond donors (Lipinski definition) is 2. The van der Waals surface area contributed by atoms with E-state index >= 15 is 0 Å². The van der Waals surface area contributed by atoms with Gasteiger partial charge in [-0.15, -0.1) is 0 Å². The summed E-state index contributed by atoms with van der Waals surface area (Å²) in [4.78, 5) is 11.4. The van der Waals surface area contributed by atoms with Gasteiger partial charge < -0.3 is 15.2 Å². The molecule has 0 saturated carbocycles. The number of carbonyl (C=O) groups is 1. The lowest BCUT2D eigenvalue weighted by atomic mass is 10.00. The molecule has 0 spiro atoms. The van der Waals surface area contributed by atoms with Gasteiger partial charge in [-0.2, -0.15) is 0 Å². The Labute approximate surface area is 81.5 Å². The van der Waals surface area contributed by atoms with E-state index in [1.165, 1.54) is 13.2 Å². The summed E-state index contributed by atoms with van der Waals surface area (Å²) in [5, 5.41) is 12.2. The third-order valence-electron chi connectivity index (χ3n) is 2.33. The highest BCUT2D eigenvalue weighted by atomic mass is 16.5. The fourth-order valence-electron chi connectivity index (χ4n) is 1.60.